The second-order valence-corrected chi connectivity index (χ2v) is 5.37. The van der Waals surface area contributed by atoms with Gasteiger partial charge >= 0.3 is 11.9 Å². The Labute approximate surface area is 135 Å². The molecule has 23 heavy (non-hydrogen) atoms. The third kappa shape index (κ3) is 10.1. The van der Waals surface area contributed by atoms with E-state index >= 15 is 0 Å². The molecule has 3 amide bonds. The molecular formula is C11H18N4O7S. The van der Waals surface area contributed by atoms with Crippen molar-refractivity contribution in [2.75, 3.05) is 12.3 Å². The molecule has 130 valence electrons. The van der Waals surface area contributed by atoms with Crippen LogP contribution in [0.15, 0.2) is 0 Å². The van der Waals surface area contributed by atoms with Gasteiger partial charge in [-0.05, 0) is 6.42 Å². The van der Waals surface area contributed by atoms with Crippen LogP contribution >= 0.6 is 11.8 Å². The number of carbonyl (C=O) groups excluding carboxylic acids is 3. The Kier molecular flexibility index (Phi) is 9.34. The Balaban J connectivity index is 4.57. The average molecular weight is 350 g/mol. The summed E-state index contributed by atoms with van der Waals surface area (Å²) in [4.78, 5) is 55.1. The molecule has 0 rings (SSSR count). The van der Waals surface area contributed by atoms with E-state index in [1.165, 1.54) is 0 Å². The van der Waals surface area contributed by atoms with Gasteiger partial charge in [0.25, 0.3) is 5.24 Å². The minimum absolute atomic E-state index is 0.145. The molecule has 0 aromatic carbocycles. The first-order valence-electron chi connectivity index (χ1n) is 6.33. The van der Waals surface area contributed by atoms with Crippen LogP contribution in [0.1, 0.15) is 12.8 Å². The summed E-state index contributed by atoms with van der Waals surface area (Å²) in [5.41, 5.74) is 10.2. The van der Waals surface area contributed by atoms with Crippen LogP contribution in [0.4, 0.5) is 4.79 Å². The quantitative estimate of drug-likeness (QED) is 0.250. The Morgan fingerprint density at radius 3 is 2.22 bits per heavy atom. The molecule has 0 saturated heterocycles. The Hall–Kier alpha value is -2.34. The Morgan fingerprint density at radius 2 is 1.74 bits per heavy atom. The van der Waals surface area contributed by atoms with Crippen molar-refractivity contribution in [1.29, 1.82) is 0 Å². The molecule has 0 heterocycles. The molecule has 0 aromatic heterocycles. The van der Waals surface area contributed by atoms with Crippen molar-refractivity contribution in [2.24, 2.45) is 11.5 Å². The molecule has 8 N–H and O–H groups in total. The lowest BCUT2D eigenvalue weighted by Gasteiger charge is -2.17. The SMILES string of the molecule is NC(=O)SC[C@H](NC(=O)CC[C@H](N)C(=O)O)C(=O)NCC(=O)O. The third-order valence-electron chi connectivity index (χ3n) is 2.46. The lowest BCUT2D eigenvalue weighted by Crippen LogP contribution is -2.49. The van der Waals surface area contributed by atoms with E-state index in [1.807, 2.05) is 0 Å². The van der Waals surface area contributed by atoms with Crippen molar-refractivity contribution in [3.8, 4) is 0 Å². The van der Waals surface area contributed by atoms with Crippen LogP contribution in [0, 0.1) is 0 Å². The van der Waals surface area contributed by atoms with Gasteiger partial charge in [-0.15, -0.1) is 0 Å². The zero-order valence-electron chi connectivity index (χ0n) is 12.0. The van der Waals surface area contributed by atoms with E-state index < -0.39 is 47.6 Å². The van der Waals surface area contributed by atoms with Crippen LogP contribution in [-0.4, -0.2) is 63.6 Å². The first-order chi connectivity index (χ1) is 10.6. The summed E-state index contributed by atoms with van der Waals surface area (Å²) in [7, 11) is 0. The molecule has 0 fully saturated rings. The fourth-order valence-electron chi connectivity index (χ4n) is 1.31. The molecular weight excluding hydrogens is 332 g/mol. The highest BCUT2D eigenvalue weighted by Crippen LogP contribution is 2.04. The average Bonchev–Trinajstić information content (AvgIpc) is 2.45. The van der Waals surface area contributed by atoms with Gasteiger partial charge in [-0.1, -0.05) is 11.8 Å². The number of carboxylic acid groups (broad SMARTS) is 2. The zero-order valence-corrected chi connectivity index (χ0v) is 12.8. The molecule has 11 nitrogen and oxygen atoms in total. The maximum Gasteiger partial charge on any atom is 0.322 e. The number of hydrogen-bond acceptors (Lipinski definition) is 7. The van der Waals surface area contributed by atoms with E-state index in [2.05, 4.69) is 10.6 Å². The van der Waals surface area contributed by atoms with E-state index in [0.29, 0.717) is 11.8 Å². The molecule has 2 atom stereocenters. The lowest BCUT2D eigenvalue weighted by molar-refractivity contribution is -0.139. The maximum absolute atomic E-state index is 11.8. The molecule has 0 spiro atoms. The largest absolute Gasteiger partial charge is 0.480 e. The molecule has 0 aliphatic carbocycles. The summed E-state index contributed by atoms with van der Waals surface area (Å²) in [5, 5.41) is 20.6. The van der Waals surface area contributed by atoms with Gasteiger partial charge in [-0.2, -0.15) is 0 Å². The smallest absolute Gasteiger partial charge is 0.322 e. The van der Waals surface area contributed by atoms with Gasteiger partial charge in [-0.3, -0.25) is 24.0 Å². The molecule has 0 aromatic rings. The summed E-state index contributed by atoms with van der Waals surface area (Å²) in [6.07, 6.45) is -0.398. The van der Waals surface area contributed by atoms with E-state index in [1.54, 1.807) is 0 Å². The van der Waals surface area contributed by atoms with Gasteiger partial charge in [-0.25, -0.2) is 0 Å². The second-order valence-electron chi connectivity index (χ2n) is 4.35. The van der Waals surface area contributed by atoms with Crippen LogP contribution in [0.2, 0.25) is 0 Å². The summed E-state index contributed by atoms with van der Waals surface area (Å²) >= 11 is 0.570. The lowest BCUT2D eigenvalue weighted by atomic mass is 10.1. The topological polar surface area (TPSA) is 202 Å². The summed E-state index contributed by atoms with van der Waals surface area (Å²) in [6, 6.07) is -2.42. The fourth-order valence-corrected chi connectivity index (χ4v) is 1.88. The molecule has 0 radical (unpaired) electrons. The molecule has 0 saturated carbocycles. The predicted molar refractivity (Wildman–Crippen MR) is 79.5 cm³/mol. The van der Waals surface area contributed by atoms with Gasteiger partial charge in [0.15, 0.2) is 0 Å². The number of thioether (sulfide) groups is 1. The van der Waals surface area contributed by atoms with Crippen LogP contribution in [-0.2, 0) is 19.2 Å². The first-order valence-corrected chi connectivity index (χ1v) is 7.31. The Morgan fingerprint density at radius 1 is 1.13 bits per heavy atom. The monoisotopic (exact) mass is 350 g/mol. The summed E-state index contributed by atoms with van der Waals surface area (Å²) < 4.78 is 0. The molecule has 0 aliphatic rings. The number of carbonyl (C=O) groups is 5. The maximum atomic E-state index is 11.8. The van der Waals surface area contributed by atoms with Crippen molar-refractivity contribution in [3.05, 3.63) is 0 Å². The van der Waals surface area contributed by atoms with Crippen molar-refractivity contribution >= 4 is 40.8 Å². The van der Waals surface area contributed by atoms with Crippen molar-refractivity contribution < 1.29 is 34.2 Å². The van der Waals surface area contributed by atoms with Crippen molar-refractivity contribution in [1.82, 2.24) is 10.6 Å². The molecule has 0 bridgehead atoms. The Bertz CT molecular complexity index is 485. The number of carboxylic acids is 2. The van der Waals surface area contributed by atoms with Crippen LogP contribution in [0.25, 0.3) is 0 Å². The van der Waals surface area contributed by atoms with Gasteiger partial charge in [0.2, 0.25) is 11.8 Å². The van der Waals surface area contributed by atoms with Gasteiger partial charge in [0, 0.05) is 12.2 Å². The highest BCUT2D eigenvalue weighted by molar-refractivity contribution is 8.13. The van der Waals surface area contributed by atoms with Crippen molar-refractivity contribution in [3.63, 3.8) is 0 Å². The zero-order chi connectivity index (χ0) is 18.0. The summed E-state index contributed by atoms with van der Waals surface area (Å²) in [5.74, 6) is -4.21. The van der Waals surface area contributed by atoms with Crippen molar-refractivity contribution in [2.45, 2.75) is 24.9 Å². The van der Waals surface area contributed by atoms with Gasteiger partial charge in [0.1, 0.15) is 18.6 Å². The van der Waals surface area contributed by atoms with E-state index in [0.717, 1.165) is 0 Å². The van der Waals surface area contributed by atoms with E-state index in [-0.39, 0.29) is 18.6 Å². The second kappa shape index (κ2) is 10.4. The third-order valence-corrected chi connectivity index (χ3v) is 3.24. The number of amides is 3. The molecule has 12 heteroatoms. The minimum Gasteiger partial charge on any atom is -0.480 e. The molecule has 0 aliphatic heterocycles. The predicted octanol–water partition coefficient (Wildman–Crippen LogP) is -2.32. The minimum atomic E-state index is -1.28. The fraction of sp³-hybridized carbons (Fsp3) is 0.545. The standard InChI is InChI=1S/C11H18N4O7S/c12-5(10(20)21)1-2-7(16)15-6(4-23-11(13)22)9(19)14-3-8(17)18/h5-6H,1-4,12H2,(H2,13,22)(H,14,19)(H,15,16)(H,17,18)(H,20,21)/t5-,6-/m0/s1. The number of nitrogens with one attached hydrogen (secondary N) is 2. The van der Waals surface area contributed by atoms with E-state index in [9.17, 15) is 24.0 Å². The van der Waals surface area contributed by atoms with Crippen LogP contribution in [0.5, 0.6) is 0 Å². The highest BCUT2D eigenvalue weighted by Gasteiger charge is 2.23. The highest BCUT2D eigenvalue weighted by atomic mass is 32.2. The molecule has 0 unspecified atom stereocenters. The number of primary amides is 1. The number of nitrogens with two attached hydrogens (primary N) is 2. The number of hydrogen-bond donors (Lipinski definition) is 6. The van der Waals surface area contributed by atoms with E-state index in [4.69, 9.17) is 21.7 Å². The van der Waals surface area contributed by atoms with Crippen LogP contribution < -0.4 is 22.1 Å². The van der Waals surface area contributed by atoms with Crippen LogP contribution in [0.3, 0.4) is 0 Å². The first kappa shape index (κ1) is 20.7. The van der Waals surface area contributed by atoms with Gasteiger partial charge < -0.3 is 32.3 Å². The summed E-state index contributed by atoms with van der Waals surface area (Å²) in [6.45, 7) is -0.656. The number of aliphatic carboxylic acids is 2. The van der Waals surface area contributed by atoms with Gasteiger partial charge in [0.05, 0.1) is 0 Å². The number of rotatable bonds is 10. The normalized spacial score (nSPS) is 12.7.